The summed E-state index contributed by atoms with van der Waals surface area (Å²) < 4.78 is 11.8. The monoisotopic (exact) mass is 672 g/mol. The molecule has 48 heavy (non-hydrogen) atoms. The zero-order valence-corrected chi connectivity index (χ0v) is 32.9. The normalized spacial score (nSPS) is 12.4. The Bertz CT molecular complexity index is 639. The molecule has 0 spiro atoms. The van der Waals surface area contributed by atoms with Crippen molar-refractivity contribution in [1.82, 2.24) is 4.90 Å². The fourth-order valence-corrected chi connectivity index (χ4v) is 5.85. The van der Waals surface area contributed by atoms with Gasteiger partial charge in [0, 0.05) is 26.3 Å². The quantitative estimate of drug-likeness (QED) is 0.0478. The van der Waals surface area contributed by atoms with Gasteiger partial charge in [-0.3, -0.25) is 0 Å². The van der Waals surface area contributed by atoms with E-state index in [1.54, 1.807) is 0 Å². The molecular formula is C45H85NO2. The highest BCUT2D eigenvalue weighted by molar-refractivity contribution is 4.93. The number of likely N-dealkylation sites (N-methyl/N-ethyl adjacent to an activating group) is 1. The molecule has 0 amide bonds. The van der Waals surface area contributed by atoms with Crippen molar-refractivity contribution < 1.29 is 9.47 Å². The molecule has 0 atom stereocenters. The predicted molar refractivity (Wildman–Crippen MR) is 216 cm³/mol. The van der Waals surface area contributed by atoms with Crippen LogP contribution in [0.2, 0.25) is 0 Å². The number of unbranched alkanes of at least 4 members (excludes halogenated alkanes) is 22. The molecule has 0 heterocycles. The molecule has 0 aromatic carbocycles. The van der Waals surface area contributed by atoms with E-state index in [0.717, 1.165) is 52.4 Å². The lowest BCUT2D eigenvalue weighted by Crippen LogP contribution is -2.27. The molecule has 0 aromatic heterocycles. The number of allylic oxidation sites excluding steroid dienone is 8. The van der Waals surface area contributed by atoms with Crippen LogP contribution in [0, 0.1) is 0 Å². The first kappa shape index (κ1) is 46.8. The summed E-state index contributed by atoms with van der Waals surface area (Å²) in [6, 6.07) is 0. The van der Waals surface area contributed by atoms with Crippen LogP contribution in [-0.2, 0) is 9.47 Å². The number of hydrogen-bond donors (Lipinski definition) is 0. The third kappa shape index (κ3) is 42.9. The Labute approximate surface area is 302 Å². The van der Waals surface area contributed by atoms with Gasteiger partial charge in [0.15, 0.2) is 0 Å². The first-order chi connectivity index (χ1) is 23.8. The Kier molecular flexibility index (Phi) is 42.8. The van der Waals surface area contributed by atoms with E-state index in [1.165, 1.54) is 167 Å². The van der Waals surface area contributed by atoms with E-state index in [2.05, 4.69) is 74.4 Å². The predicted octanol–water partition coefficient (Wildman–Crippen LogP) is 14.1. The van der Waals surface area contributed by atoms with E-state index < -0.39 is 0 Å². The molecule has 0 fully saturated rings. The molecule has 0 saturated carbocycles. The van der Waals surface area contributed by atoms with E-state index in [-0.39, 0.29) is 0 Å². The van der Waals surface area contributed by atoms with E-state index >= 15 is 0 Å². The Balaban J connectivity index is 3.23. The van der Waals surface area contributed by atoms with Crippen molar-refractivity contribution in [2.24, 2.45) is 0 Å². The Morgan fingerprint density at radius 1 is 0.333 bits per heavy atom. The van der Waals surface area contributed by atoms with E-state index in [1.807, 2.05) is 0 Å². The lowest BCUT2D eigenvalue weighted by molar-refractivity contribution is 0.0814. The van der Waals surface area contributed by atoms with Crippen LogP contribution in [-0.4, -0.2) is 51.5 Å². The maximum Gasteiger partial charge on any atom is 0.0593 e. The minimum absolute atomic E-state index is 0.841. The highest BCUT2D eigenvalue weighted by atomic mass is 16.5. The van der Waals surface area contributed by atoms with E-state index in [9.17, 15) is 0 Å². The van der Waals surface area contributed by atoms with Crippen molar-refractivity contribution >= 4 is 0 Å². The number of hydrogen-bond acceptors (Lipinski definition) is 3. The average Bonchev–Trinajstić information content (AvgIpc) is 3.09. The van der Waals surface area contributed by atoms with Crippen molar-refractivity contribution in [1.29, 1.82) is 0 Å². The van der Waals surface area contributed by atoms with Crippen molar-refractivity contribution in [3.8, 4) is 0 Å². The summed E-state index contributed by atoms with van der Waals surface area (Å²) in [5, 5.41) is 0. The van der Waals surface area contributed by atoms with Crippen LogP contribution in [0.4, 0.5) is 0 Å². The van der Waals surface area contributed by atoms with Gasteiger partial charge in [-0.1, -0.05) is 165 Å². The largest absolute Gasteiger partial charge is 0.380 e. The third-order valence-corrected chi connectivity index (χ3v) is 9.21. The Morgan fingerprint density at radius 2 is 0.625 bits per heavy atom. The summed E-state index contributed by atoms with van der Waals surface area (Å²) in [5.74, 6) is 0. The molecule has 3 nitrogen and oxygen atoms in total. The van der Waals surface area contributed by atoms with Crippen LogP contribution < -0.4 is 0 Å². The minimum Gasteiger partial charge on any atom is -0.380 e. The molecular weight excluding hydrogens is 587 g/mol. The smallest absolute Gasteiger partial charge is 0.0593 e. The number of rotatable bonds is 40. The fourth-order valence-electron chi connectivity index (χ4n) is 5.85. The number of nitrogens with zero attached hydrogens (tertiary/aromatic N) is 1. The molecule has 0 aromatic rings. The Hall–Kier alpha value is -1.16. The Morgan fingerprint density at radius 3 is 0.958 bits per heavy atom. The standard InChI is InChI=1S/C45H85NO2/c1-4-6-8-10-12-14-16-18-20-22-24-26-28-30-32-34-36-38-42-47-44-40-46(3)41-45-48-43-39-37-35-33-31-29-27-25-23-21-19-17-15-13-11-9-7-5-2/h12-15,18-21H,4-11,16-17,22-45H2,1-3H3/b14-12-,15-13-,20-18-,21-19-. The summed E-state index contributed by atoms with van der Waals surface area (Å²) >= 11 is 0. The molecule has 0 aliphatic heterocycles. The van der Waals surface area contributed by atoms with Crippen LogP contribution in [0.15, 0.2) is 48.6 Å². The molecule has 0 aliphatic carbocycles. The molecule has 0 unspecified atom stereocenters. The van der Waals surface area contributed by atoms with Gasteiger partial charge in [0.2, 0.25) is 0 Å². The van der Waals surface area contributed by atoms with Crippen LogP contribution in [0.25, 0.3) is 0 Å². The van der Waals surface area contributed by atoms with Gasteiger partial charge in [-0.05, 0) is 84.1 Å². The summed E-state index contributed by atoms with van der Waals surface area (Å²) in [7, 11) is 2.18. The topological polar surface area (TPSA) is 21.7 Å². The van der Waals surface area contributed by atoms with Gasteiger partial charge < -0.3 is 14.4 Å². The van der Waals surface area contributed by atoms with Gasteiger partial charge in [0.1, 0.15) is 0 Å². The van der Waals surface area contributed by atoms with Crippen LogP contribution in [0.1, 0.15) is 194 Å². The molecule has 3 heteroatoms. The molecule has 0 saturated heterocycles. The molecule has 0 aliphatic rings. The van der Waals surface area contributed by atoms with Gasteiger partial charge in [0.05, 0.1) is 13.2 Å². The van der Waals surface area contributed by atoms with E-state index in [0.29, 0.717) is 0 Å². The molecule has 0 bridgehead atoms. The zero-order valence-electron chi connectivity index (χ0n) is 32.9. The van der Waals surface area contributed by atoms with Gasteiger partial charge >= 0.3 is 0 Å². The lowest BCUT2D eigenvalue weighted by Gasteiger charge is -2.16. The van der Waals surface area contributed by atoms with Crippen LogP contribution in [0.3, 0.4) is 0 Å². The van der Waals surface area contributed by atoms with Crippen molar-refractivity contribution in [3.05, 3.63) is 48.6 Å². The van der Waals surface area contributed by atoms with Gasteiger partial charge in [0.25, 0.3) is 0 Å². The highest BCUT2D eigenvalue weighted by Crippen LogP contribution is 2.12. The van der Waals surface area contributed by atoms with Crippen molar-refractivity contribution in [3.63, 3.8) is 0 Å². The summed E-state index contributed by atoms with van der Waals surface area (Å²) in [4.78, 5) is 2.34. The lowest BCUT2D eigenvalue weighted by atomic mass is 10.1. The average molecular weight is 672 g/mol. The second-order valence-corrected chi connectivity index (χ2v) is 14.1. The molecule has 0 radical (unpaired) electrons. The van der Waals surface area contributed by atoms with E-state index in [4.69, 9.17) is 9.47 Å². The maximum absolute atomic E-state index is 5.88. The summed E-state index contributed by atoms with van der Waals surface area (Å²) in [6.07, 6.45) is 55.7. The highest BCUT2D eigenvalue weighted by Gasteiger charge is 2.00. The zero-order chi connectivity index (χ0) is 34.7. The summed E-state index contributed by atoms with van der Waals surface area (Å²) in [5.41, 5.74) is 0. The second kappa shape index (κ2) is 43.9. The maximum atomic E-state index is 5.88. The van der Waals surface area contributed by atoms with Gasteiger partial charge in [-0.25, -0.2) is 0 Å². The van der Waals surface area contributed by atoms with Crippen molar-refractivity contribution in [2.75, 3.05) is 46.6 Å². The summed E-state index contributed by atoms with van der Waals surface area (Å²) in [6.45, 7) is 10.1. The SMILES string of the molecule is CCCCC/C=C\C/C=C\CCCCCCCCCCOCCN(C)CCOCCCCCCCCCC/C=C\C/C=C\CCCCC. The van der Waals surface area contributed by atoms with Gasteiger partial charge in [-0.15, -0.1) is 0 Å². The fraction of sp³-hybridized carbons (Fsp3) is 0.822. The number of ether oxygens (including phenoxy) is 2. The molecule has 0 rings (SSSR count). The minimum atomic E-state index is 0.841. The first-order valence-electron chi connectivity index (χ1n) is 21.2. The second-order valence-electron chi connectivity index (χ2n) is 14.1. The van der Waals surface area contributed by atoms with Crippen LogP contribution in [0.5, 0.6) is 0 Å². The molecule has 0 N–H and O–H groups in total. The van der Waals surface area contributed by atoms with Crippen molar-refractivity contribution in [2.45, 2.75) is 194 Å². The first-order valence-corrected chi connectivity index (χ1v) is 21.2. The van der Waals surface area contributed by atoms with Crippen LogP contribution >= 0.6 is 0 Å². The van der Waals surface area contributed by atoms with Gasteiger partial charge in [-0.2, -0.15) is 0 Å². The molecule has 282 valence electrons. The third-order valence-electron chi connectivity index (χ3n) is 9.21.